The summed E-state index contributed by atoms with van der Waals surface area (Å²) < 4.78 is 13.1. The van der Waals surface area contributed by atoms with Gasteiger partial charge in [0.05, 0.1) is 0 Å². The zero-order valence-electron chi connectivity index (χ0n) is 11.3. The molecule has 0 atom stereocenters. The Morgan fingerprint density at radius 1 is 1.24 bits per heavy atom. The van der Waals surface area contributed by atoms with Gasteiger partial charge < -0.3 is 5.11 Å². The number of hydrogen-bond acceptors (Lipinski definition) is 1. The molecule has 0 spiro atoms. The van der Waals surface area contributed by atoms with E-state index in [-0.39, 0.29) is 5.82 Å². The van der Waals surface area contributed by atoms with Gasteiger partial charge in [0, 0.05) is 5.56 Å². The smallest absolute Gasteiger partial charge is 0.124 e. The zero-order chi connectivity index (χ0) is 13.5. The van der Waals surface area contributed by atoms with Crippen LogP contribution in [0.2, 0.25) is 0 Å². The van der Waals surface area contributed by atoms with Gasteiger partial charge in [0.15, 0.2) is 0 Å². The second-order valence-electron chi connectivity index (χ2n) is 4.01. The number of aryl methyl sites for hydroxylation is 1. The molecule has 0 bridgehead atoms. The van der Waals surface area contributed by atoms with Crippen molar-refractivity contribution in [2.24, 2.45) is 0 Å². The lowest BCUT2D eigenvalue weighted by atomic mass is 10.1. The maximum absolute atomic E-state index is 13.1. The highest BCUT2D eigenvalue weighted by molar-refractivity contribution is 5.39. The molecule has 1 rings (SSSR count). The van der Waals surface area contributed by atoms with Crippen molar-refractivity contribution < 1.29 is 9.50 Å². The standard InChI is InChI=1S/C13H15FO.C2H6/c1-4-10-7-11(9-12(14)8-10)5-6-13(2,3)15;1-2/h7-9,15H,4H2,1-3H3;1-2H3. The molecule has 0 saturated heterocycles. The Balaban J connectivity index is 0.00000121. The van der Waals surface area contributed by atoms with Crippen LogP contribution in [-0.2, 0) is 6.42 Å². The van der Waals surface area contributed by atoms with E-state index in [0.717, 1.165) is 12.0 Å². The molecule has 1 nitrogen and oxygen atoms in total. The summed E-state index contributed by atoms with van der Waals surface area (Å²) >= 11 is 0. The van der Waals surface area contributed by atoms with Crippen LogP contribution >= 0.6 is 0 Å². The van der Waals surface area contributed by atoms with Crippen LogP contribution in [0.15, 0.2) is 18.2 Å². The molecule has 1 N–H and O–H groups in total. The van der Waals surface area contributed by atoms with Crippen molar-refractivity contribution in [1.82, 2.24) is 0 Å². The van der Waals surface area contributed by atoms with E-state index in [1.54, 1.807) is 13.8 Å². The van der Waals surface area contributed by atoms with E-state index in [9.17, 15) is 9.50 Å². The van der Waals surface area contributed by atoms with Crippen LogP contribution in [0.3, 0.4) is 0 Å². The Morgan fingerprint density at radius 3 is 2.29 bits per heavy atom. The van der Waals surface area contributed by atoms with Crippen molar-refractivity contribution in [2.75, 3.05) is 0 Å². The Morgan fingerprint density at radius 2 is 1.82 bits per heavy atom. The normalized spacial score (nSPS) is 9.82. The summed E-state index contributed by atoms with van der Waals surface area (Å²) in [5.41, 5.74) is 0.475. The summed E-state index contributed by atoms with van der Waals surface area (Å²) in [6.45, 7) is 9.15. The van der Waals surface area contributed by atoms with E-state index in [1.807, 2.05) is 26.8 Å². The lowest BCUT2D eigenvalue weighted by molar-refractivity contribution is 0.143. The van der Waals surface area contributed by atoms with E-state index in [2.05, 4.69) is 11.8 Å². The predicted octanol–water partition coefficient (Wildman–Crippen LogP) is 3.54. The summed E-state index contributed by atoms with van der Waals surface area (Å²) in [6, 6.07) is 4.70. The maximum atomic E-state index is 13.1. The van der Waals surface area contributed by atoms with Gasteiger partial charge in [-0.2, -0.15) is 0 Å². The molecular weight excluding hydrogens is 215 g/mol. The van der Waals surface area contributed by atoms with Crippen molar-refractivity contribution in [2.45, 2.75) is 46.6 Å². The molecular formula is C15H21FO. The molecule has 0 saturated carbocycles. The van der Waals surface area contributed by atoms with Crippen LogP contribution in [0.25, 0.3) is 0 Å². The summed E-state index contributed by atoms with van der Waals surface area (Å²) in [5, 5.41) is 9.41. The van der Waals surface area contributed by atoms with Crippen LogP contribution in [-0.4, -0.2) is 10.7 Å². The van der Waals surface area contributed by atoms with Crippen LogP contribution in [0.1, 0.15) is 45.7 Å². The fourth-order valence-electron chi connectivity index (χ4n) is 1.15. The fraction of sp³-hybridized carbons (Fsp3) is 0.467. The molecule has 1 aromatic rings. The minimum absolute atomic E-state index is 0.283. The summed E-state index contributed by atoms with van der Waals surface area (Å²) in [4.78, 5) is 0. The van der Waals surface area contributed by atoms with E-state index < -0.39 is 5.60 Å². The molecule has 0 aliphatic heterocycles. The fourth-order valence-corrected chi connectivity index (χ4v) is 1.15. The average molecular weight is 236 g/mol. The lowest BCUT2D eigenvalue weighted by Crippen LogP contribution is -2.14. The first-order chi connectivity index (χ1) is 7.90. The Labute approximate surface area is 104 Å². The topological polar surface area (TPSA) is 20.2 Å². The molecule has 0 aliphatic carbocycles. The third-order valence-corrected chi connectivity index (χ3v) is 1.88. The van der Waals surface area contributed by atoms with Crippen molar-refractivity contribution in [1.29, 1.82) is 0 Å². The predicted molar refractivity (Wildman–Crippen MR) is 70.3 cm³/mol. The molecule has 1 aromatic carbocycles. The molecule has 94 valence electrons. The van der Waals surface area contributed by atoms with Gasteiger partial charge in [-0.05, 0) is 44.0 Å². The molecule has 0 aromatic heterocycles. The van der Waals surface area contributed by atoms with Gasteiger partial charge in [-0.1, -0.05) is 32.6 Å². The van der Waals surface area contributed by atoms with Crippen LogP contribution < -0.4 is 0 Å². The quantitative estimate of drug-likeness (QED) is 0.739. The molecule has 2 heteroatoms. The van der Waals surface area contributed by atoms with Gasteiger partial charge in [-0.3, -0.25) is 0 Å². The van der Waals surface area contributed by atoms with Crippen molar-refractivity contribution in [3.63, 3.8) is 0 Å². The molecule has 17 heavy (non-hydrogen) atoms. The third kappa shape index (κ3) is 6.76. The first kappa shape index (κ1) is 15.7. The Bertz CT molecular complexity index is 405. The van der Waals surface area contributed by atoms with E-state index in [4.69, 9.17) is 0 Å². The highest BCUT2D eigenvalue weighted by Gasteiger charge is 2.06. The van der Waals surface area contributed by atoms with Crippen LogP contribution in [0.4, 0.5) is 4.39 Å². The number of halogens is 1. The average Bonchev–Trinajstić information content (AvgIpc) is 2.27. The molecule has 0 unspecified atom stereocenters. The van der Waals surface area contributed by atoms with Gasteiger partial charge in [-0.25, -0.2) is 4.39 Å². The molecule has 0 amide bonds. The number of benzene rings is 1. The van der Waals surface area contributed by atoms with Gasteiger partial charge in [0.1, 0.15) is 11.4 Å². The summed E-state index contributed by atoms with van der Waals surface area (Å²) in [5.74, 6) is 5.13. The zero-order valence-corrected chi connectivity index (χ0v) is 11.3. The largest absolute Gasteiger partial charge is 0.378 e. The van der Waals surface area contributed by atoms with Crippen LogP contribution in [0, 0.1) is 17.7 Å². The number of aliphatic hydroxyl groups is 1. The first-order valence-corrected chi connectivity index (χ1v) is 5.96. The van der Waals surface area contributed by atoms with Crippen molar-refractivity contribution >= 4 is 0 Å². The Hall–Kier alpha value is -1.33. The van der Waals surface area contributed by atoms with E-state index in [0.29, 0.717) is 5.56 Å². The third-order valence-electron chi connectivity index (χ3n) is 1.88. The second kappa shape index (κ2) is 7.09. The number of rotatable bonds is 1. The molecule has 0 radical (unpaired) electrons. The Kier molecular flexibility index (Phi) is 6.53. The van der Waals surface area contributed by atoms with Gasteiger partial charge in [0.2, 0.25) is 0 Å². The van der Waals surface area contributed by atoms with Gasteiger partial charge >= 0.3 is 0 Å². The van der Waals surface area contributed by atoms with Crippen LogP contribution in [0.5, 0.6) is 0 Å². The molecule has 0 fully saturated rings. The summed E-state index contributed by atoms with van der Waals surface area (Å²) in [7, 11) is 0. The van der Waals surface area contributed by atoms with Gasteiger partial charge in [-0.15, -0.1) is 0 Å². The first-order valence-electron chi connectivity index (χ1n) is 5.96. The second-order valence-corrected chi connectivity index (χ2v) is 4.01. The summed E-state index contributed by atoms with van der Waals surface area (Å²) in [6.07, 6.45) is 0.773. The molecule has 0 heterocycles. The SMILES string of the molecule is CC.CCc1cc(F)cc(C#CC(C)(C)O)c1. The molecule has 0 aliphatic rings. The maximum Gasteiger partial charge on any atom is 0.124 e. The van der Waals surface area contributed by atoms with Crippen molar-refractivity contribution in [3.05, 3.63) is 35.1 Å². The monoisotopic (exact) mass is 236 g/mol. The number of hydrogen-bond donors (Lipinski definition) is 1. The van der Waals surface area contributed by atoms with Gasteiger partial charge in [0.25, 0.3) is 0 Å². The van der Waals surface area contributed by atoms with Crippen molar-refractivity contribution in [3.8, 4) is 11.8 Å². The highest BCUT2D eigenvalue weighted by atomic mass is 19.1. The van der Waals surface area contributed by atoms with E-state index in [1.165, 1.54) is 12.1 Å². The lowest BCUT2D eigenvalue weighted by Gasteiger charge is -2.06. The minimum atomic E-state index is -1.04. The minimum Gasteiger partial charge on any atom is -0.378 e. The highest BCUT2D eigenvalue weighted by Crippen LogP contribution is 2.09. The van der Waals surface area contributed by atoms with E-state index >= 15 is 0 Å².